The van der Waals surface area contributed by atoms with Crippen LogP contribution < -0.4 is 4.74 Å². The van der Waals surface area contributed by atoms with E-state index in [0.717, 1.165) is 15.6 Å². The summed E-state index contributed by atoms with van der Waals surface area (Å²) in [5.74, 6) is 0.908. The van der Waals surface area contributed by atoms with Gasteiger partial charge in [0.25, 0.3) is 0 Å². The Balaban J connectivity index is 1.60. The summed E-state index contributed by atoms with van der Waals surface area (Å²) in [7, 11) is 0. The number of rotatable bonds is 5. The van der Waals surface area contributed by atoms with Crippen LogP contribution >= 0.6 is 11.3 Å². The quantitative estimate of drug-likeness (QED) is 0.648. The summed E-state index contributed by atoms with van der Waals surface area (Å²) in [5, 5.41) is 0.968. The van der Waals surface area contributed by atoms with Gasteiger partial charge in [-0.1, -0.05) is 0 Å². The molecule has 3 rings (SSSR count). The monoisotopic (exact) mass is 340 g/mol. The van der Waals surface area contributed by atoms with Gasteiger partial charge in [0, 0.05) is 6.20 Å². The maximum Gasteiger partial charge on any atom is 0.338 e. The summed E-state index contributed by atoms with van der Waals surface area (Å²) >= 11 is 1.54. The second-order valence-electron chi connectivity index (χ2n) is 5.13. The van der Waals surface area contributed by atoms with Crippen molar-refractivity contribution in [3.05, 3.63) is 69.9 Å². The number of aromatic nitrogens is 2. The standard InChI is InChI=1S/C18H16N2O3S/c1-12-17(24-13(2)20-12)11-22-18(21)14-5-7-15(8-6-14)23-16-4-3-9-19-10-16/h3-10H,11H2,1-2H3. The fourth-order valence-electron chi connectivity index (χ4n) is 2.12. The molecule has 2 aromatic heterocycles. The third-order valence-electron chi connectivity index (χ3n) is 3.29. The van der Waals surface area contributed by atoms with E-state index in [1.807, 2.05) is 19.9 Å². The first-order valence-electron chi connectivity index (χ1n) is 7.40. The number of ether oxygens (including phenoxy) is 2. The van der Waals surface area contributed by atoms with Crippen LogP contribution in [0.2, 0.25) is 0 Å². The molecular weight excluding hydrogens is 324 g/mol. The van der Waals surface area contributed by atoms with Crippen LogP contribution in [0.25, 0.3) is 0 Å². The zero-order chi connectivity index (χ0) is 16.9. The Bertz CT molecular complexity index is 829. The lowest BCUT2D eigenvalue weighted by molar-refractivity contribution is 0.0476. The number of hydrogen-bond acceptors (Lipinski definition) is 6. The van der Waals surface area contributed by atoms with Gasteiger partial charge in [-0.3, -0.25) is 4.98 Å². The van der Waals surface area contributed by atoms with E-state index in [1.54, 1.807) is 54.1 Å². The van der Waals surface area contributed by atoms with Gasteiger partial charge in [-0.25, -0.2) is 9.78 Å². The number of hydrogen-bond donors (Lipinski definition) is 0. The highest BCUT2D eigenvalue weighted by Crippen LogP contribution is 2.22. The molecule has 0 N–H and O–H groups in total. The topological polar surface area (TPSA) is 61.3 Å². The molecule has 0 radical (unpaired) electrons. The Morgan fingerprint density at radius 3 is 2.54 bits per heavy atom. The van der Waals surface area contributed by atoms with Crippen LogP contribution in [0.3, 0.4) is 0 Å². The van der Waals surface area contributed by atoms with Crippen molar-refractivity contribution in [1.29, 1.82) is 0 Å². The summed E-state index contributed by atoms with van der Waals surface area (Å²) in [4.78, 5) is 21.4. The maximum absolute atomic E-state index is 12.1. The minimum Gasteiger partial charge on any atom is -0.456 e. The van der Waals surface area contributed by atoms with Gasteiger partial charge in [0.1, 0.15) is 18.1 Å². The van der Waals surface area contributed by atoms with Crippen molar-refractivity contribution in [2.75, 3.05) is 0 Å². The van der Waals surface area contributed by atoms with Crippen molar-refractivity contribution in [3.63, 3.8) is 0 Å². The van der Waals surface area contributed by atoms with E-state index in [1.165, 1.54) is 0 Å². The molecule has 2 heterocycles. The molecule has 122 valence electrons. The smallest absolute Gasteiger partial charge is 0.338 e. The molecule has 0 atom stereocenters. The number of nitrogens with zero attached hydrogens (tertiary/aromatic N) is 2. The van der Waals surface area contributed by atoms with Crippen molar-refractivity contribution < 1.29 is 14.3 Å². The first kappa shape index (κ1) is 16.1. The van der Waals surface area contributed by atoms with E-state index < -0.39 is 0 Å². The third kappa shape index (κ3) is 3.97. The minimum atomic E-state index is -0.367. The molecule has 0 saturated carbocycles. The predicted octanol–water partition coefficient (Wildman–Crippen LogP) is 4.30. The molecule has 0 amide bonds. The summed E-state index contributed by atoms with van der Waals surface area (Å²) in [6.07, 6.45) is 3.31. The van der Waals surface area contributed by atoms with Crippen molar-refractivity contribution >= 4 is 17.3 Å². The average Bonchev–Trinajstić information content (AvgIpc) is 2.92. The number of aryl methyl sites for hydroxylation is 2. The lowest BCUT2D eigenvalue weighted by Gasteiger charge is -2.07. The fraction of sp³-hybridized carbons (Fsp3) is 0.167. The van der Waals surface area contributed by atoms with E-state index in [2.05, 4.69) is 9.97 Å². The van der Waals surface area contributed by atoms with Crippen LogP contribution in [0.4, 0.5) is 0 Å². The van der Waals surface area contributed by atoms with Gasteiger partial charge in [0.05, 0.1) is 27.3 Å². The minimum absolute atomic E-state index is 0.240. The molecule has 0 spiro atoms. The normalized spacial score (nSPS) is 10.4. The number of thiazole rings is 1. The summed E-state index contributed by atoms with van der Waals surface area (Å²) < 4.78 is 11.0. The van der Waals surface area contributed by atoms with Crippen LogP contribution in [0.1, 0.15) is 25.9 Å². The van der Waals surface area contributed by atoms with Gasteiger partial charge < -0.3 is 9.47 Å². The van der Waals surface area contributed by atoms with Crippen LogP contribution in [-0.4, -0.2) is 15.9 Å². The highest BCUT2D eigenvalue weighted by Gasteiger charge is 2.11. The SMILES string of the molecule is Cc1nc(C)c(COC(=O)c2ccc(Oc3cccnc3)cc2)s1. The molecule has 1 aromatic carbocycles. The lowest BCUT2D eigenvalue weighted by Crippen LogP contribution is -2.05. The second-order valence-corrected chi connectivity index (χ2v) is 6.42. The molecule has 0 aliphatic rings. The zero-order valence-electron chi connectivity index (χ0n) is 13.4. The van der Waals surface area contributed by atoms with Crippen LogP contribution in [0.15, 0.2) is 48.8 Å². The molecule has 0 aliphatic heterocycles. The van der Waals surface area contributed by atoms with Crippen molar-refractivity contribution in [3.8, 4) is 11.5 Å². The third-order valence-corrected chi connectivity index (χ3v) is 4.34. The van der Waals surface area contributed by atoms with E-state index >= 15 is 0 Å². The number of benzene rings is 1. The van der Waals surface area contributed by atoms with Crippen LogP contribution in [0, 0.1) is 13.8 Å². The molecule has 0 bridgehead atoms. The van der Waals surface area contributed by atoms with E-state index in [9.17, 15) is 4.79 Å². The molecule has 6 heteroatoms. The van der Waals surface area contributed by atoms with Crippen molar-refractivity contribution in [1.82, 2.24) is 9.97 Å². The molecule has 5 nitrogen and oxygen atoms in total. The Labute approximate surface area is 143 Å². The highest BCUT2D eigenvalue weighted by molar-refractivity contribution is 7.11. The Kier molecular flexibility index (Phi) is 4.86. The second kappa shape index (κ2) is 7.23. The number of esters is 1. The van der Waals surface area contributed by atoms with Gasteiger partial charge in [-0.15, -0.1) is 11.3 Å². The van der Waals surface area contributed by atoms with E-state index in [4.69, 9.17) is 9.47 Å². The molecule has 3 aromatic rings. The lowest BCUT2D eigenvalue weighted by atomic mass is 10.2. The Hall–Kier alpha value is -2.73. The number of pyridine rings is 1. The van der Waals surface area contributed by atoms with Gasteiger partial charge >= 0.3 is 5.97 Å². The maximum atomic E-state index is 12.1. The predicted molar refractivity (Wildman–Crippen MR) is 91.5 cm³/mol. The summed E-state index contributed by atoms with van der Waals surface area (Å²) in [6, 6.07) is 10.4. The van der Waals surface area contributed by atoms with E-state index in [0.29, 0.717) is 17.1 Å². The number of carbonyl (C=O) groups excluding carboxylic acids is 1. The fourth-order valence-corrected chi connectivity index (χ4v) is 2.97. The van der Waals surface area contributed by atoms with Crippen LogP contribution in [-0.2, 0) is 11.3 Å². The Morgan fingerprint density at radius 2 is 1.92 bits per heavy atom. The molecule has 0 saturated heterocycles. The summed E-state index contributed by atoms with van der Waals surface area (Å²) in [6.45, 7) is 4.09. The van der Waals surface area contributed by atoms with Crippen molar-refractivity contribution in [2.45, 2.75) is 20.5 Å². The van der Waals surface area contributed by atoms with Crippen molar-refractivity contribution in [2.24, 2.45) is 0 Å². The largest absolute Gasteiger partial charge is 0.456 e. The van der Waals surface area contributed by atoms with E-state index in [-0.39, 0.29) is 12.6 Å². The zero-order valence-corrected chi connectivity index (χ0v) is 14.2. The first-order valence-corrected chi connectivity index (χ1v) is 8.21. The molecule has 24 heavy (non-hydrogen) atoms. The van der Waals surface area contributed by atoms with Gasteiger partial charge in [-0.2, -0.15) is 0 Å². The first-order chi connectivity index (χ1) is 11.6. The Morgan fingerprint density at radius 1 is 1.12 bits per heavy atom. The molecule has 0 fully saturated rings. The average molecular weight is 340 g/mol. The molecular formula is C18H16N2O3S. The number of carbonyl (C=O) groups is 1. The molecule has 0 aliphatic carbocycles. The highest BCUT2D eigenvalue weighted by atomic mass is 32.1. The van der Waals surface area contributed by atoms with Gasteiger partial charge in [0.15, 0.2) is 0 Å². The van der Waals surface area contributed by atoms with Gasteiger partial charge in [0.2, 0.25) is 0 Å². The van der Waals surface area contributed by atoms with Crippen LogP contribution in [0.5, 0.6) is 11.5 Å². The van der Waals surface area contributed by atoms with Gasteiger partial charge in [-0.05, 0) is 50.2 Å². The molecule has 0 unspecified atom stereocenters. The summed E-state index contributed by atoms with van der Waals surface area (Å²) in [5.41, 5.74) is 1.39.